The maximum Gasteiger partial charge on any atom is 0.255 e. The molecule has 0 saturated carbocycles. The maximum atomic E-state index is 13.0. The van der Waals surface area contributed by atoms with Gasteiger partial charge < -0.3 is 24.4 Å². The Morgan fingerprint density at radius 2 is 1.91 bits per heavy atom. The SMILES string of the molecule is COc1cccc(CCOc2cc(C(=O)Nc3cccc(C)c3)cc(N3CCOCC3)n2)c1. The number of hydrogen-bond donors (Lipinski definition) is 1. The first-order valence-corrected chi connectivity index (χ1v) is 11.1. The number of methoxy groups -OCH3 is 1. The number of morpholine rings is 1. The predicted molar refractivity (Wildman–Crippen MR) is 129 cm³/mol. The molecule has 7 nitrogen and oxygen atoms in total. The molecule has 1 amide bonds. The van der Waals surface area contributed by atoms with Gasteiger partial charge >= 0.3 is 0 Å². The van der Waals surface area contributed by atoms with Gasteiger partial charge in [-0.2, -0.15) is 4.98 Å². The number of rotatable bonds is 8. The minimum absolute atomic E-state index is 0.199. The lowest BCUT2D eigenvalue weighted by molar-refractivity contribution is 0.102. The van der Waals surface area contributed by atoms with Crippen LogP contribution in [0.3, 0.4) is 0 Å². The highest BCUT2D eigenvalue weighted by atomic mass is 16.5. The molecule has 2 aromatic carbocycles. The molecule has 0 unspecified atom stereocenters. The van der Waals surface area contributed by atoms with Crippen LogP contribution in [-0.4, -0.2) is 50.9 Å². The molecule has 0 spiro atoms. The average Bonchev–Trinajstić information content (AvgIpc) is 2.84. The van der Waals surface area contributed by atoms with Gasteiger partial charge in [-0.05, 0) is 48.4 Å². The van der Waals surface area contributed by atoms with Crippen LogP contribution >= 0.6 is 0 Å². The number of carbonyl (C=O) groups is 1. The Balaban J connectivity index is 1.51. The van der Waals surface area contributed by atoms with Crippen LogP contribution in [0.4, 0.5) is 11.5 Å². The smallest absolute Gasteiger partial charge is 0.255 e. The number of nitrogens with zero attached hydrogens (tertiary/aromatic N) is 2. The van der Waals surface area contributed by atoms with Crippen LogP contribution in [0.5, 0.6) is 11.6 Å². The summed E-state index contributed by atoms with van der Waals surface area (Å²) in [7, 11) is 1.65. The molecule has 0 aliphatic carbocycles. The van der Waals surface area contributed by atoms with E-state index in [1.807, 2.05) is 61.5 Å². The zero-order valence-electron chi connectivity index (χ0n) is 19.0. The van der Waals surface area contributed by atoms with E-state index in [0.29, 0.717) is 43.5 Å². The van der Waals surface area contributed by atoms with Crippen molar-refractivity contribution < 1.29 is 19.0 Å². The van der Waals surface area contributed by atoms with Gasteiger partial charge in [-0.25, -0.2) is 0 Å². The van der Waals surface area contributed by atoms with Gasteiger partial charge in [-0.15, -0.1) is 0 Å². The fourth-order valence-corrected chi connectivity index (χ4v) is 3.68. The van der Waals surface area contributed by atoms with E-state index in [1.165, 1.54) is 0 Å². The number of benzene rings is 2. The molecule has 1 fully saturated rings. The molecule has 1 aliphatic rings. The minimum Gasteiger partial charge on any atom is -0.497 e. The zero-order chi connectivity index (χ0) is 23.0. The van der Waals surface area contributed by atoms with Gasteiger partial charge in [0, 0.05) is 36.8 Å². The van der Waals surface area contributed by atoms with Crippen molar-refractivity contribution in [3.8, 4) is 11.6 Å². The van der Waals surface area contributed by atoms with E-state index in [9.17, 15) is 4.79 Å². The first kappa shape index (κ1) is 22.6. The molecule has 0 bridgehead atoms. The van der Waals surface area contributed by atoms with Crippen LogP contribution in [0.25, 0.3) is 0 Å². The van der Waals surface area contributed by atoms with Gasteiger partial charge in [0.05, 0.1) is 26.9 Å². The Hall–Kier alpha value is -3.58. The van der Waals surface area contributed by atoms with E-state index in [4.69, 9.17) is 14.2 Å². The van der Waals surface area contributed by atoms with Crippen molar-refractivity contribution in [1.82, 2.24) is 4.98 Å². The van der Waals surface area contributed by atoms with Crippen molar-refractivity contribution >= 4 is 17.4 Å². The number of aromatic nitrogens is 1. The van der Waals surface area contributed by atoms with E-state index in [0.717, 1.165) is 35.7 Å². The van der Waals surface area contributed by atoms with E-state index < -0.39 is 0 Å². The van der Waals surface area contributed by atoms with Gasteiger partial charge in [-0.3, -0.25) is 4.79 Å². The van der Waals surface area contributed by atoms with E-state index in [-0.39, 0.29) is 5.91 Å². The van der Waals surface area contributed by atoms with Crippen molar-refractivity contribution in [1.29, 1.82) is 0 Å². The number of amides is 1. The summed E-state index contributed by atoms with van der Waals surface area (Å²) in [6.45, 7) is 5.14. The molecule has 2 heterocycles. The summed E-state index contributed by atoms with van der Waals surface area (Å²) in [5.74, 6) is 1.76. The Morgan fingerprint density at radius 3 is 2.70 bits per heavy atom. The van der Waals surface area contributed by atoms with Crippen molar-refractivity contribution in [2.75, 3.05) is 50.2 Å². The van der Waals surface area contributed by atoms with Crippen molar-refractivity contribution in [3.05, 3.63) is 77.4 Å². The third-order valence-corrected chi connectivity index (χ3v) is 5.44. The van der Waals surface area contributed by atoms with E-state index in [1.54, 1.807) is 13.2 Å². The second kappa shape index (κ2) is 10.8. The summed E-state index contributed by atoms with van der Waals surface area (Å²) in [6.07, 6.45) is 0.700. The number of ether oxygens (including phenoxy) is 3. The van der Waals surface area contributed by atoms with Crippen molar-refractivity contribution in [3.63, 3.8) is 0 Å². The number of carbonyl (C=O) groups excluding carboxylic acids is 1. The third-order valence-electron chi connectivity index (χ3n) is 5.44. The quantitative estimate of drug-likeness (QED) is 0.560. The largest absolute Gasteiger partial charge is 0.497 e. The Labute approximate surface area is 194 Å². The Morgan fingerprint density at radius 1 is 1.09 bits per heavy atom. The van der Waals surface area contributed by atoms with Gasteiger partial charge in [0.25, 0.3) is 5.91 Å². The van der Waals surface area contributed by atoms with Crippen LogP contribution in [-0.2, 0) is 11.2 Å². The number of nitrogens with one attached hydrogen (secondary N) is 1. The normalized spacial score (nSPS) is 13.5. The van der Waals surface area contributed by atoms with Gasteiger partial charge in [0.2, 0.25) is 5.88 Å². The van der Waals surface area contributed by atoms with Crippen molar-refractivity contribution in [2.24, 2.45) is 0 Å². The fraction of sp³-hybridized carbons (Fsp3) is 0.308. The maximum absolute atomic E-state index is 13.0. The second-order valence-corrected chi connectivity index (χ2v) is 7.93. The molecule has 1 saturated heterocycles. The van der Waals surface area contributed by atoms with Gasteiger partial charge in [0.15, 0.2) is 0 Å². The molecule has 172 valence electrons. The summed E-state index contributed by atoms with van der Waals surface area (Å²) in [4.78, 5) is 19.8. The van der Waals surface area contributed by atoms with Crippen LogP contribution in [0, 0.1) is 6.92 Å². The highest BCUT2D eigenvalue weighted by molar-refractivity contribution is 6.05. The molecular weight excluding hydrogens is 418 g/mol. The summed E-state index contributed by atoms with van der Waals surface area (Å²) in [5.41, 5.74) is 3.45. The molecular formula is C26H29N3O4. The van der Waals surface area contributed by atoms with Gasteiger partial charge in [0.1, 0.15) is 11.6 Å². The molecule has 4 rings (SSSR count). The molecule has 0 radical (unpaired) electrons. The monoisotopic (exact) mass is 447 g/mol. The highest BCUT2D eigenvalue weighted by Gasteiger charge is 2.17. The molecule has 1 N–H and O–H groups in total. The molecule has 33 heavy (non-hydrogen) atoms. The van der Waals surface area contributed by atoms with Crippen LogP contribution in [0.15, 0.2) is 60.7 Å². The summed E-state index contributed by atoms with van der Waals surface area (Å²) in [6, 6.07) is 19.1. The number of hydrogen-bond acceptors (Lipinski definition) is 6. The van der Waals surface area contributed by atoms with E-state index in [2.05, 4.69) is 15.2 Å². The second-order valence-electron chi connectivity index (χ2n) is 7.93. The number of anilines is 2. The molecule has 0 atom stereocenters. The lowest BCUT2D eigenvalue weighted by atomic mass is 10.1. The fourth-order valence-electron chi connectivity index (χ4n) is 3.68. The van der Waals surface area contributed by atoms with Crippen LogP contribution < -0.4 is 19.7 Å². The molecule has 3 aromatic rings. The average molecular weight is 448 g/mol. The predicted octanol–water partition coefficient (Wildman–Crippen LogP) is 4.11. The lowest BCUT2D eigenvalue weighted by Crippen LogP contribution is -2.37. The Bertz CT molecular complexity index is 1100. The highest BCUT2D eigenvalue weighted by Crippen LogP contribution is 2.22. The molecule has 7 heteroatoms. The molecule has 1 aromatic heterocycles. The Kier molecular flexibility index (Phi) is 7.42. The third kappa shape index (κ3) is 6.23. The molecule has 1 aliphatic heterocycles. The summed E-state index contributed by atoms with van der Waals surface area (Å²) in [5, 5.41) is 2.97. The summed E-state index contributed by atoms with van der Waals surface area (Å²) < 4.78 is 16.7. The van der Waals surface area contributed by atoms with Crippen molar-refractivity contribution in [2.45, 2.75) is 13.3 Å². The van der Waals surface area contributed by atoms with E-state index >= 15 is 0 Å². The zero-order valence-corrected chi connectivity index (χ0v) is 19.0. The minimum atomic E-state index is -0.199. The topological polar surface area (TPSA) is 72.9 Å². The first-order chi connectivity index (χ1) is 16.1. The van der Waals surface area contributed by atoms with Crippen LogP contribution in [0.2, 0.25) is 0 Å². The van der Waals surface area contributed by atoms with Crippen LogP contribution in [0.1, 0.15) is 21.5 Å². The number of pyridine rings is 1. The van der Waals surface area contributed by atoms with Gasteiger partial charge in [-0.1, -0.05) is 24.3 Å². The lowest BCUT2D eigenvalue weighted by Gasteiger charge is -2.28. The summed E-state index contributed by atoms with van der Waals surface area (Å²) >= 11 is 0. The number of aryl methyl sites for hydroxylation is 1. The standard InChI is InChI=1S/C26H29N3O4/c1-19-5-3-7-22(15-19)27-26(30)21-17-24(29-10-13-32-14-11-29)28-25(18-21)33-12-9-20-6-4-8-23(16-20)31-2/h3-8,15-18H,9-14H2,1-2H3,(H,27,30). The first-order valence-electron chi connectivity index (χ1n) is 11.1.